The van der Waals surface area contributed by atoms with Gasteiger partial charge in [0, 0.05) is 62.4 Å². The van der Waals surface area contributed by atoms with Gasteiger partial charge in [0.1, 0.15) is 18.0 Å². The lowest BCUT2D eigenvalue weighted by Crippen LogP contribution is -2.42. The first-order valence-electron chi connectivity index (χ1n) is 13.0. The molecular formula is C29H28ClF2N5O2. The molecule has 0 spiro atoms. The van der Waals surface area contributed by atoms with Crippen LogP contribution in [0.25, 0.3) is 0 Å². The number of hydrogen-bond acceptors (Lipinski definition) is 6. The van der Waals surface area contributed by atoms with Crippen molar-refractivity contribution in [3.05, 3.63) is 82.6 Å². The first-order chi connectivity index (χ1) is 18.8. The first-order valence-corrected chi connectivity index (χ1v) is 13.3. The first kappa shape index (κ1) is 26.8. The molecule has 2 saturated heterocycles. The van der Waals surface area contributed by atoms with E-state index in [0.717, 1.165) is 11.9 Å². The predicted octanol–water partition coefficient (Wildman–Crippen LogP) is 5.21. The molecule has 3 aromatic rings. The fourth-order valence-corrected chi connectivity index (χ4v) is 5.65. The molecule has 2 aromatic heterocycles. The number of halogens is 3. The number of aromatic nitrogens is 2. The number of ether oxygens (including phenoxy) is 1. The number of nitrogens with zero attached hydrogens (tertiary/aromatic N) is 5. The molecule has 1 amide bonds. The molecule has 2 aliphatic rings. The zero-order valence-electron chi connectivity index (χ0n) is 21.4. The monoisotopic (exact) mass is 551 g/mol. The zero-order valence-corrected chi connectivity index (χ0v) is 22.2. The summed E-state index contributed by atoms with van der Waals surface area (Å²) in [7, 11) is 0. The molecular weight excluding hydrogens is 524 g/mol. The number of likely N-dealkylation sites (tertiary alicyclic amines) is 1. The van der Waals surface area contributed by atoms with Gasteiger partial charge in [0.2, 0.25) is 11.8 Å². The average Bonchev–Trinajstić information content (AvgIpc) is 3.41. The van der Waals surface area contributed by atoms with Crippen LogP contribution < -0.4 is 9.64 Å². The molecule has 202 valence electrons. The average molecular weight is 552 g/mol. The van der Waals surface area contributed by atoms with Crippen molar-refractivity contribution in [3.63, 3.8) is 0 Å². The van der Waals surface area contributed by atoms with Gasteiger partial charge in [-0.25, -0.2) is 18.7 Å². The maximum atomic E-state index is 14.2. The van der Waals surface area contributed by atoms with E-state index in [0.29, 0.717) is 61.1 Å². The van der Waals surface area contributed by atoms with E-state index in [1.165, 1.54) is 12.3 Å². The lowest BCUT2D eigenvalue weighted by Gasteiger charge is -2.34. The maximum absolute atomic E-state index is 14.2. The number of rotatable bonds is 6. The van der Waals surface area contributed by atoms with Gasteiger partial charge < -0.3 is 14.5 Å². The SMILES string of the molecule is C[C@H](Oc1ccc(Cl)cn1)[C@H]1CN(C(=O)C2CCN(c3ccc(C#N)cn3)CC2)C[C@@H]1c1ccc(F)c(F)c1. The third-order valence-electron chi connectivity index (χ3n) is 7.70. The molecule has 0 saturated carbocycles. The van der Waals surface area contributed by atoms with Gasteiger partial charge in [-0.05, 0) is 55.7 Å². The summed E-state index contributed by atoms with van der Waals surface area (Å²) in [4.78, 5) is 26.2. The normalized spacial score (nSPS) is 20.5. The van der Waals surface area contributed by atoms with E-state index in [1.54, 1.807) is 30.5 Å². The van der Waals surface area contributed by atoms with Crippen LogP contribution in [-0.4, -0.2) is 53.1 Å². The molecule has 3 atom stereocenters. The van der Waals surface area contributed by atoms with Crippen LogP contribution in [0, 0.1) is 34.8 Å². The Labute approximate surface area is 231 Å². The number of anilines is 1. The Hall–Kier alpha value is -3.77. The molecule has 5 rings (SSSR count). The van der Waals surface area contributed by atoms with Crippen LogP contribution in [0.3, 0.4) is 0 Å². The van der Waals surface area contributed by atoms with Crippen LogP contribution in [0.1, 0.15) is 36.8 Å². The highest BCUT2D eigenvalue weighted by Gasteiger charge is 2.42. The minimum absolute atomic E-state index is 0.0642. The Morgan fingerprint density at radius 2 is 1.87 bits per heavy atom. The van der Waals surface area contributed by atoms with Gasteiger partial charge in [0.15, 0.2) is 11.6 Å². The van der Waals surface area contributed by atoms with Crippen LogP contribution in [-0.2, 0) is 4.79 Å². The Morgan fingerprint density at radius 1 is 1.08 bits per heavy atom. The van der Waals surface area contributed by atoms with Crippen LogP contribution in [0.15, 0.2) is 54.9 Å². The van der Waals surface area contributed by atoms with Crippen molar-refractivity contribution >= 4 is 23.3 Å². The number of nitriles is 1. The van der Waals surface area contributed by atoms with E-state index < -0.39 is 11.6 Å². The van der Waals surface area contributed by atoms with Gasteiger partial charge in [-0.2, -0.15) is 5.26 Å². The van der Waals surface area contributed by atoms with Crippen LogP contribution in [0.5, 0.6) is 5.88 Å². The predicted molar refractivity (Wildman–Crippen MR) is 142 cm³/mol. The molecule has 0 radical (unpaired) electrons. The van der Waals surface area contributed by atoms with Crippen LogP contribution in [0.4, 0.5) is 14.6 Å². The highest BCUT2D eigenvalue weighted by Crippen LogP contribution is 2.38. The third-order valence-corrected chi connectivity index (χ3v) is 7.93. The van der Waals surface area contributed by atoms with E-state index in [9.17, 15) is 13.6 Å². The summed E-state index contributed by atoms with van der Waals surface area (Å²) in [5.41, 5.74) is 1.14. The van der Waals surface area contributed by atoms with Gasteiger partial charge in [-0.15, -0.1) is 0 Å². The van der Waals surface area contributed by atoms with Crippen molar-refractivity contribution in [2.45, 2.75) is 31.8 Å². The summed E-state index contributed by atoms with van der Waals surface area (Å²) >= 11 is 5.94. The molecule has 0 N–H and O–H groups in total. The summed E-state index contributed by atoms with van der Waals surface area (Å²) in [6.07, 6.45) is 4.06. The Morgan fingerprint density at radius 3 is 2.51 bits per heavy atom. The van der Waals surface area contributed by atoms with Gasteiger partial charge in [-0.1, -0.05) is 17.7 Å². The number of pyridine rings is 2. The Bertz CT molecular complexity index is 1360. The molecule has 0 unspecified atom stereocenters. The number of carbonyl (C=O) groups is 1. The largest absolute Gasteiger partial charge is 0.474 e. The molecule has 2 aliphatic heterocycles. The number of hydrogen-bond donors (Lipinski definition) is 0. The highest BCUT2D eigenvalue weighted by molar-refractivity contribution is 6.30. The smallest absolute Gasteiger partial charge is 0.225 e. The summed E-state index contributed by atoms with van der Waals surface area (Å²) in [6, 6.07) is 12.9. The van der Waals surface area contributed by atoms with Crippen LogP contribution in [0.2, 0.25) is 5.02 Å². The summed E-state index contributed by atoms with van der Waals surface area (Å²) < 4.78 is 34.0. The second kappa shape index (κ2) is 11.5. The lowest BCUT2D eigenvalue weighted by atomic mass is 9.85. The number of amides is 1. The van der Waals surface area contributed by atoms with E-state index in [-0.39, 0.29) is 29.8 Å². The minimum atomic E-state index is -0.909. The number of piperidine rings is 1. The second-order valence-corrected chi connectivity index (χ2v) is 10.5. The van der Waals surface area contributed by atoms with E-state index >= 15 is 0 Å². The minimum Gasteiger partial charge on any atom is -0.474 e. The molecule has 0 bridgehead atoms. The van der Waals surface area contributed by atoms with Crippen molar-refractivity contribution in [3.8, 4) is 11.9 Å². The molecule has 7 nitrogen and oxygen atoms in total. The van der Waals surface area contributed by atoms with E-state index in [1.807, 2.05) is 17.9 Å². The number of benzene rings is 1. The molecule has 0 aliphatic carbocycles. The fourth-order valence-electron chi connectivity index (χ4n) is 5.54. The van der Waals surface area contributed by atoms with Crippen molar-refractivity contribution in [2.75, 3.05) is 31.1 Å². The summed E-state index contributed by atoms with van der Waals surface area (Å²) in [5.74, 6) is -1.07. The molecule has 4 heterocycles. The van der Waals surface area contributed by atoms with Gasteiger partial charge in [-0.3, -0.25) is 4.79 Å². The standard InChI is InChI=1S/C29H28ClF2N5O2/c1-18(39-28-7-4-22(30)15-35-28)23-16-37(17-24(23)21-3-5-25(31)26(32)12-21)29(38)20-8-10-36(11-9-20)27-6-2-19(13-33)14-34-27/h2-7,12,14-15,18,20,23-24H,8-11,16-17H2,1H3/t18-,23+,24+/m0/s1. The maximum Gasteiger partial charge on any atom is 0.225 e. The second-order valence-electron chi connectivity index (χ2n) is 10.1. The van der Waals surface area contributed by atoms with E-state index in [2.05, 4.69) is 20.9 Å². The quantitative estimate of drug-likeness (QED) is 0.418. The van der Waals surface area contributed by atoms with Gasteiger partial charge in [0.05, 0.1) is 10.6 Å². The van der Waals surface area contributed by atoms with Crippen LogP contribution >= 0.6 is 11.6 Å². The Balaban J connectivity index is 1.29. The zero-order chi connectivity index (χ0) is 27.5. The van der Waals surface area contributed by atoms with Crippen molar-refractivity contribution in [1.29, 1.82) is 5.26 Å². The highest BCUT2D eigenvalue weighted by atomic mass is 35.5. The van der Waals surface area contributed by atoms with E-state index in [4.69, 9.17) is 21.6 Å². The third kappa shape index (κ3) is 5.96. The Kier molecular flexibility index (Phi) is 7.94. The molecule has 39 heavy (non-hydrogen) atoms. The summed E-state index contributed by atoms with van der Waals surface area (Å²) in [6.45, 7) is 4.11. The topological polar surface area (TPSA) is 82.4 Å². The van der Waals surface area contributed by atoms with Gasteiger partial charge >= 0.3 is 0 Å². The summed E-state index contributed by atoms with van der Waals surface area (Å²) in [5, 5.41) is 9.49. The van der Waals surface area contributed by atoms with Crippen molar-refractivity contribution in [2.24, 2.45) is 11.8 Å². The molecule has 2 fully saturated rings. The fraction of sp³-hybridized carbons (Fsp3) is 0.379. The molecule has 10 heteroatoms. The van der Waals surface area contributed by atoms with Crippen molar-refractivity contribution < 1.29 is 18.3 Å². The number of carbonyl (C=O) groups excluding carboxylic acids is 1. The molecule has 1 aromatic carbocycles. The van der Waals surface area contributed by atoms with Gasteiger partial charge in [0.25, 0.3) is 0 Å². The van der Waals surface area contributed by atoms with Crippen molar-refractivity contribution in [1.82, 2.24) is 14.9 Å². The lowest BCUT2D eigenvalue weighted by molar-refractivity contribution is -0.135.